The number of hydrogen-bond donors (Lipinski definition) is 3. The number of furan rings is 1. The van der Waals surface area contributed by atoms with Gasteiger partial charge in [0.1, 0.15) is 5.76 Å². The van der Waals surface area contributed by atoms with E-state index in [1.165, 1.54) is 17.4 Å². The monoisotopic (exact) mass is 281 g/mol. The van der Waals surface area contributed by atoms with Crippen LogP contribution in [0.15, 0.2) is 27.3 Å². The van der Waals surface area contributed by atoms with Gasteiger partial charge in [-0.15, -0.1) is 0 Å². The molecular weight excluding hydrogens is 266 g/mol. The lowest BCUT2D eigenvalue weighted by Gasteiger charge is -2.09. The van der Waals surface area contributed by atoms with Crippen molar-refractivity contribution in [2.45, 2.75) is 19.6 Å². The van der Waals surface area contributed by atoms with Crippen LogP contribution in [0.1, 0.15) is 33.5 Å². The van der Waals surface area contributed by atoms with E-state index in [0.29, 0.717) is 18.8 Å². The van der Waals surface area contributed by atoms with Crippen LogP contribution in [0.2, 0.25) is 0 Å². The highest BCUT2D eigenvalue weighted by Gasteiger charge is 2.13. The maximum Gasteiger partial charge on any atom is 0.371 e. The summed E-state index contributed by atoms with van der Waals surface area (Å²) in [6, 6.07) is 3.38. The van der Waals surface area contributed by atoms with Gasteiger partial charge in [-0.3, -0.25) is 0 Å². The Labute approximate surface area is 114 Å². The van der Waals surface area contributed by atoms with Crippen molar-refractivity contribution in [2.24, 2.45) is 0 Å². The quantitative estimate of drug-likeness (QED) is 0.756. The maximum absolute atomic E-state index is 10.8. The van der Waals surface area contributed by atoms with Gasteiger partial charge in [-0.1, -0.05) is 0 Å². The van der Waals surface area contributed by atoms with Crippen molar-refractivity contribution in [3.63, 3.8) is 0 Å². The predicted octanol–water partition coefficient (Wildman–Crippen LogP) is 2.17. The molecule has 0 aliphatic heterocycles. The van der Waals surface area contributed by atoms with Gasteiger partial charge < -0.3 is 19.9 Å². The highest BCUT2D eigenvalue weighted by Crippen LogP contribution is 2.17. The number of aliphatic hydroxyl groups excluding tert-OH is 1. The standard InChI is InChI=1S/C13H15NO4S/c1-8-10(4-12(18-8)13(16)17)5-14-6-11(15)9-2-3-19-7-9/h2-4,7,11,14-15H,5-6H2,1H3,(H,16,17). The third-order valence-electron chi connectivity index (χ3n) is 2.81. The Bertz CT molecular complexity index is 547. The lowest BCUT2D eigenvalue weighted by Crippen LogP contribution is -2.20. The Hall–Kier alpha value is -1.63. The fourth-order valence-electron chi connectivity index (χ4n) is 1.73. The van der Waals surface area contributed by atoms with Crippen molar-refractivity contribution in [3.8, 4) is 0 Å². The molecule has 1 atom stereocenters. The summed E-state index contributed by atoms with van der Waals surface area (Å²) >= 11 is 1.54. The molecule has 6 heteroatoms. The number of nitrogens with one attached hydrogen (secondary N) is 1. The zero-order chi connectivity index (χ0) is 13.8. The van der Waals surface area contributed by atoms with E-state index in [2.05, 4.69) is 5.32 Å². The minimum Gasteiger partial charge on any atom is -0.475 e. The number of aliphatic hydroxyl groups is 1. The molecule has 0 aromatic carbocycles. The van der Waals surface area contributed by atoms with Gasteiger partial charge in [-0.25, -0.2) is 4.79 Å². The second-order valence-corrected chi connectivity index (χ2v) is 4.98. The highest BCUT2D eigenvalue weighted by molar-refractivity contribution is 7.07. The van der Waals surface area contributed by atoms with Crippen molar-refractivity contribution < 1.29 is 19.4 Å². The van der Waals surface area contributed by atoms with Gasteiger partial charge in [0.05, 0.1) is 6.10 Å². The third-order valence-corrected chi connectivity index (χ3v) is 3.51. The number of carboxylic acids is 1. The molecule has 0 aliphatic rings. The van der Waals surface area contributed by atoms with E-state index in [0.717, 1.165) is 11.1 Å². The first kappa shape index (κ1) is 13.8. The minimum atomic E-state index is -1.08. The van der Waals surface area contributed by atoms with Gasteiger partial charge in [0.15, 0.2) is 0 Å². The molecular formula is C13H15NO4S. The van der Waals surface area contributed by atoms with E-state index in [9.17, 15) is 9.90 Å². The van der Waals surface area contributed by atoms with Gasteiger partial charge in [-0.05, 0) is 35.4 Å². The summed E-state index contributed by atoms with van der Waals surface area (Å²) in [6.45, 7) is 2.59. The molecule has 19 heavy (non-hydrogen) atoms. The summed E-state index contributed by atoms with van der Waals surface area (Å²) in [5, 5.41) is 25.6. The third kappa shape index (κ3) is 3.44. The van der Waals surface area contributed by atoms with Gasteiger partial charge in [0, 0.05) is 18.7 Å². The lowest BCUT2D eigenvalue weighted by molar-refractivity contribution is 0.0661. The molecule has 0 bridgehead atoms. The molecule has 2 rings (SSSR count). The van der Waals surface area contributed by atoms with Crippen molar-refractivity contribution >= 4 is 17.3 Å². The fourth-order valence-corrected chi connectivity index (χ4v) is 2.43. The summed E-state index contributed by atoms with van der Waals surface area (Å²) in [5.74, 6) is -0.560. The predicted molar refractivity (Wildman–Crippen MR) is 71.4 cm³/mol. The molecule has 0 fully saturated rings. The molecule has 3 N–H and O–H groups in total. The molecule has 2 aromatic rings. The molecule has 1 unspecified atom stereocenters. The van der Waals surface area contributed by atoms with Crippen LogP contribution in [-0.2, 0) is 6.54 Å². The van der Waals surface area contributed by atoms with Crippen molar-refractivity contribution in [1.29, 1.82) is 0 Å². The van der Waals surface area contributed by atoms with E-state index in [1.54, 1.807) is 6.92 Å². The molecule has 0 saturated carbocycles. The molecule has 2 heterocycles. The first-order chi connectivity index (χ1) is 9.08. The van der Waals surface area contributed by atoms with Crippen molar-refractivity contribution in [2.75, 3.05) is 6.54 Å². The molecule has 0 aliphatic carbocycles. The molecule has 0 spiro atoms. The van der Waals surface area contributed by atoms with Crippen molar-refractivity contribution in [1.82, 2.24) is 5.32 Å². The normalized spacial score (nSPS) is 12.5. The number of aromatic carboxylic acids is 1. The first-order valence-electron chi connectivity index (χ1n) is 5.81. The SMILES string of the molecule is Cc1oc(C(=O)O)cc1CNCC(O)c1ccsc1. The molecule has 102 valence electrons. The van der Waals surface area contributed by atoms with E-state index in [-0.39, 0.29) is 5.76 Å². The number of rotatable bonds is 6. The summed E-state index contributed by atoms with van der Waals surface area (Å²) in [7, 11) is 0. The fraction of sp³-hybridized carbons (Fsp3) is 0.308. The van der Waals surface area contributed by atoms with Crippen LogP contribution in [0.4, 0.5) is 0 Å². The summed E-state index contributed by atoms with van der Waals surface area (Å²) in [6.07, 6.45) is -0.558. The molecule has 0 radical (unpaired) electrons. The number of carbonyl (C=O) groups is 1. The minimum absolute atomic E-state index is 0.0623. The second-order valence-electron chi connectivity index (χ2n) is 4.20. The van der Waals surface area contributed by atoms with Crippen molar-refractivity contribution in [3.05, 3.63) is 45.5 Å². The number of hydrogen-bond acceptors (Lipinski definition) is 5. The van der Waals surface area contributed by atoms with E-state index in [4.69, 9.17) is 9.52 Å². The number of aryl methyl sites for hydroxylation is 1. The van der Waals surface area contributed by atoms with Crippen LogP contribution < -0.4 is 5.32 Å². The van der Waals surface area contributed by atoms with Gasteiger partial charge in [-0.2, -0.15) is 11.3 Å². The second kappa shape index (κ2) is 6.01. The zero-order valence-electron chi connectivity index (χ0n) is 10.4. The van der Waals surface area contributed by atoms with E-state index in [1.807, 2.05) is 16.8 Å². The van der Waals surface area contributed by atoms with E-state index < -0.39 is 12.1 Å². The van der Waals surface area contributed by atoms with Crippen LogP contribution in [0, 0.1) is 6.92 Å². The van der Waals surface area contributed by atoms with Crippen LogP contribution in [0.3, 0.4) is 0 Å². The summed E-state index contributed by atoms with van der Waals surface area (Å²) < 4.78 is 5.11. The smallest absolute Gasteiger partial charge is 0.371 e. The topological polar surface area (TPSA) is 82.7 Å². The van der Waals surface area contributed by atoms with Crippen LogP contribution >= 0.6 is 11.3 Å². The molecule has 5 nitrogen and oxygen atoms in total. The molecule has 0 amide bonds. The summed E-state index contributed by atoms with van der Waals surface area (Å²) in [4.78, 5) is 10.8. The highest BCUT2D eigenvalue weighted by atomic mass is 32.1. The van der Waals surface area contributed by atoms with Crippen LogP contribution in [0.5, 0.6) is 0 Å². The van der Waals surface area contributed by atoms with Gasteiger partial charge in [0.25, 0.3) is 0 Å². The summed E-state index contributed by atoms with van der Waals surface area (Å²) in [5.41, 5.74) is 1.67. The number of carboxylic acid groups (broad SMARTS) is 1. The Kier molecular flexibility index (Phi) is 4.36. The molecule has 2 aromatic heterocycles. The average Bonchev–Trinajstić information content (AvgIpc) is 2.99. The largest absolute Gasteiger partial charge is 0.475 e. The Morgan fingerprint density at radius 2 is 2.37 bits per heavy atom. The van der Waals surface area contributed by atoms with Gasteiger partial charge in [0.2, 0.25) is 5.76 Å². The zero-order valence-corrected chi connectivity index (χ0v) is 11.2. The Morgan fingerprint density at radius 3 is 2.95 bits per heavy atom. The van der Waals surface area contributed by atoms with Crippen LogP contribution in [0.25, 0.3) is 0 Å². The first-order valence-corrected chi connectivity index (χ1v) is 6.75. The average molecular weight is 281 g/mol. The van der Waals surface area contributed by atoms with Gasteiger partial charge >= 0.3 is 5.97 Å². The Morgan fingerprint density at radius 1 is 1.58 bits per heavy atom. The molecule has 0 saturated heterocycles. The lowest BCUT2D eigenvalue weighted by atomic mass is 10.2. The van der Waals surface area contributed by atoms with Crippen LogP contribution in [-0.4, -0.2) is 22.7 Å². The van der Waals surface area contributed by atoms with E-state index >= 15 is 0 Å². The maximum atomic E-state index is 10.8. The Balaban J connectivity index is 1.87. The number of thiophene rings is 1.